The van der Waals surface area contributed by atoms with Gasteiger partial charge in [0.05, 0.1) is 66.2 Å². The van der Waals surface area contributed by atoms with Gasteiger partial charge in [-0.25, -0.2) is 0 Å². The molecule has 4 aliphatic heterocycles. The van der Waals surface area contributed by atoms with Crippen molar-refractivity contribution in [3.05, 3.63) is 107 Å². The number of likely N-dealkylation sites (tertiary alicyclic amines) is 1. The van der Waals surface area contributed by atoms with Crippen LogP contribution in [0, 0.1) is 17.2 Å². The Kier molecular flexibility index (Phi) is 12.6. The van der Waals surface area contributed by atoms with Crippen molar-refractivity contribution in [3.63, 3.8) is 0 Å². The van der Waals surface area contributed by atoms with E-state index >= 15 is 0 Å². The maximum atomic E-state index is 14.2. The zero-order valence-electron chi connectivity index (χ0n) is 37.1. The highest BCUT2D eigenvalue weighted by molar-refractivity contribution is 6.24. The van der Waals surface area contributed by atoms with E-state index in [0.717, 1.165) is 87.5 Å². The van der Waals surface area contributed by atoms with Crippen molar-refractivity contribution in [1.29, 1.82) is 5.26 Å². The first kappa shape index (κ1) is 43.5. The van der Waals surface area contributed by atoms with E-state index in [1.165, 1.54) is 10.5 Å². The number of nitriles is 1. The first-order valence-electron chi connectivity index (χ1n) is 22.6. The van der Waals surface area contributed by atoms with E-state index in [1.54, 1.807) is 36.1 Å². The molecule has 2 atom stereocenters. The molecule has 1 aromatic heterocycles. The van der Waals surface area contributed by atoms with E-state index in [0.29, 0.717) is 65.0 Å². The number of imide groups is 2. The predicted molar refractivity (Wildman–Crippen MR) is 243 cm³/mol. The average molecular weight is 879 g/mol. The van der Waals surface area contributed by atoms with E-state index in [4.69, 9.17) is 14.2 Å². The minimum atomic E-state index is -0.776. The maximum absolute atomic E-state index is 14.2. The number of piperazine rings is 1. The first-order chi connectivity index (χ1) is 31.6. The van der Waals surface area contributed by atoms with Crippen LogP contribution in [0.2, 0.25) is 0 Å². The molecule has 0 spiro atoms. The number of rotatable bonds is 14. The Morgan fingerprint density at radius 1 is 0.846 bits per heavy atom. The fourth-order valence-corrected chi connectivity index (χ4v) is 9.91. The Morgan fingerprint density at radius 2 is 1.62 bits per heavy atom. The van der Waals surface area contributed by atoms with Crippen LogP contribution in [-0.4, -0.2) is 108 Å². The standard InChI is InChI=1S/C50H54N8O7/c1-4-64-44-28-34(10-16-43(44)63-3)40(18-21-51)58-49(61)38-6-5-7-41(46(38)50(58)62)57-26-24-56(25-27-57)31-33-19-22-55(23-20-33)30-32-8-11-35(12-9-32)65-36-13-14-37-42(29-36)54(2)53-47(37)39-15-17-45(59)52-48(39)60/h5-14,16,28-29,33,39-40H,4,15,17-20,22-27,30-31H2,1-3H3,(H,52,59,60)/t39?,40-/m1/s1. The second kappa shape index (κ2) is 18.8. The van der Waals surface area contributed by atoms with Gasteiger partial charge in [-0.3, -0.25) is 43.9 Å². The number of carbonyl (C=O) groups is 4. The number of piperidine rings is 2. The highest BCUT2D eigenvalue weighted by Gasteiger charge is 2.43. The molecule has 15 heteroatoms. The van der Waals surface area contributed by atoms with Gasteiger partial charge in [0.1, 0.15) is 11.5 Å². The van der Waals surface area contributed by atoms with Crippen molar-refractivity contribution in [2.45, 2.75) is 57.5 Å². The van der Waals surface area contributed by atoms with Gasteiger partial charge in [0, 0.05) is 64.2 Å². The number of aryl methyl sites for hydroxylation is 1. The summed E-state index contributed by atoms with van der Waals surface area (Å²) in [6.45, 7) is 9.50. The molecule has 4 aliphatic rings. The van der Waals surface area contributed by atoms with Crippen LogP contribution in [0.5, 0.6) is 23.0 Å². The van der Waals surface area contributed by atoms with Gasteiger partial charge in [-0.05, 0) is 105 Å². The number of amides is 4. The number of hydrogen-bond donors (Lipinski definition) is 1. The highest BCUT2D eigenvalue weighted by Crippen LogP contribution is 2.41. The van der Waals surface area contributed by atoms with E-state index in [1.807, 2.05) is 56.4 Å². The van der Waals surface area contributed by atoms with Crippen LogP contribution in [0.3, 0.4) is 0 Å². The first-order valence-corrected chi connectivity index (χ1v) is 22.6. The van der Waals surface area contributed by atoms with Crippen LogP contribution in [0.15, 0.2) is 78.9 Å². The number of fused-ring (bicyclic) bond motifs is 2. The third-order valence-electron chi connectivity index (χ3n) is 13.3. The molecule has 336 valence electrons. The zero-order chi connectivity index (χ0) is 45.2. The van der Waals surface area contributed by atoms with E-state index < -0.39 is 17.9 Å². The molecule has 1 N–H and O–H groups in total. The molecule has 65 heavy (non-hydrogen) atoms. The molecule has 5 heterocycles. The van der Waals surface area contributed by atoms with Gasteiger partial charge in [-0.2, -0.15) is 10.4 Å². The van der Waals surface area contributed by atoms with Gasteiger partial charge < -0.3 is 19.1 Å². The number of anilines is 1. The molecule has 3 saturated heterocycles. The third-order valence-corrected chi connectivity index (χ3v) is 13.3. The van der Waals surface area contributed by atoms with Crippen LogP contribution in [0.25, 0.3) is 10.9 Å². The topological polar surface area (TPSA) is 163 Å². The second-order valence-corrected chi connectivity index (χ2v) is 17.3. The van der Waals surface area contributed by atoms with Gasteiger partial charge in [-0.15, -0.1) is 0 Å². The molecule has 0 radical (unpaired) electrons. The molecular formula is C50H54N8O7. The zero-order valence-corrected chi connectivity index (χ0v) is 37.1. The van der Waals surface area contributed by atoms with Gasteiger partial charge in [-0.1, -0.05) is 24.3 Å². The minimum Gasteiger partial charge on any atom is -0.493 e. The van der Waals surface area contributed by atoms with E-state index in [9.17, 15) is 24.4 Å². The Labute approximate surface area is 378 Å². The molecular weight excluding hydrogens is 825 g/mol. The van der Waals surface area contributed by atoms with Crippen molar-refractivity contribution in [2.75, 3.05) is 64.4 Å². The highest BCUT2D eigenvalue weighted by atomic mass is 16.5. The summed E-state index contributed by atoms with van der Waals surface area (Å²) in [5, 5.41) is 17.8. The van der Waals surface area contributed by atoms with Gasteiger partial charge in [0.25, 0.3) is 11.8 Å². The van der Waals surface area contributed by atoms with Gasteiger partial charge in [0.15, 0.2) is 11.5 Å². The normalized spacial score (nSPS) is 19.0. The second-order valence-electron chi connectivity index (χ2n) is 17.3. The summed E-state index contributed by atoms with van der Waals surface area (Å²) in [6.07, 6.45) is 2.97. The molecule has 1 unspecified atom stereocenters. The largest absolute Gasteiger partial charge is 0.493 e. The monoisotopic (exact) mass is 878 g/mol. The summed E-state index contributed by atoms with van der Waals surface area (Å²) in [7, 11) is 3.40. The Hall–Kier alpha value is -6.76. The molecule has 5 aromatic rings. The number of nitrogens with zero attached hydrogens (tertiary/aromatic N) is 7. The fourth-order valence-electron chi connectivity index (χ4n) is 9.91. The molecule has 0 saturated carbocycles. The smallest absolute Gasteiger partial charge is 0.264 e. The van der Waals surface area contributed by atoms with Crippen molar-refractivity contribution in [1.82, 2.24) is 29.8 Å². The number of carbonyl (C=O) groups excluding carboxylic acids is 4. The predicted octanol–water partition coefficient (Wildman–Crippen LogP) is 6.58. The summed E-state index contributed by atoms with van der Waals surface area (Å²) in [6, 6.07) is 26.2. The lowest BCUT2D eigenvalue weighted by Gasteiger charge is -2.40. The summed E-state index contributed by atoms with van der Waals surface area (Å²) in [4.78, 5) is 60.9. The van der Waals surface area contributed by atoms with Crippen molar-refractivity contribution in [2.24, 2.45) is 13.0 Å². The molecule has 15 nitrogen and oxygen atoms in total. The van der Waals surface area contributed by atoms with Crippen molar-refractivity contribution < 1.29 is 33.4 Å². The van der Waals surface area contributed by atoms with Gasteiger partial charge in [0.2, 0.25) is 11.8 Å². The lowest BCUT2D eigenvalue weighted by Crippen LogP contribution is -2.49. The van der Waals surface area contributed by atoms with Crippen LogP contribution in [0.4, 0.5) is 5.69 Å². The summed E-state index contributed by atoms with van der Waals surface area (Å²) < 4.78 is 19.2. The summed E-state index contributed by atoms with van der Waals surface area (Å²) >= 11 is 0. The number of aromatic nitrogens is 2. The maximum Gasteiger partial charge on any atom is 0.264 e. The van der Waals surface area contributed by atoms with Crippen molar-refractivity contribution in [3.8, 4) is 29.1 Å². The Morgan fingerprint density at radius 3 is 2.34 bits per heavy atom. The third kappa shape index (κ3) is 8.88. The molecule has 0 bridgehead atoms. The molecule has 4 amide bonds. The SMILES string of the molecule is CCOc1cc([C@@H](CC#N)N2C(=O)c3cccc(N4CCN(CC5CCN(Cc6ccc(Oc7ccc8c(C9CCC(=O)NC9=O)nn(C)c8c7)cc6)CC5)CC4)c3C2=O)ccc1OC. The molecule has 9 rings (SSSR count). The van der Waals surface area contributed by atoms with Crippen LogP contribution in [0.1, 0.15) is 88.5 Å². The van der Waals surface area contributed by atoms with Crippen molar-refractivity contribution >= 4 is 40.2 Å². The number of benzene rings is 4. The van der Waals surface area contributed by atoms with Gasteiger partial charge >= 0.3 is 0 Å². The van der Waals surface area contributed by atoms with Crippen LogP contribution in [-0.2, 0) is 23.2 Å². The number of nitrogens with one attached hydrogen (secondary N) is 1. The lowest BCUT2D eigenvalue weighted by molar-refractivity contribution is -0.134. The Bertz CT molecular complexity index is 2660. The quantitative estimate of drug-likeness (QED) is 0.120. The van der Waals surface area contributed by atoms with Crippen LogP contribution >= 0.6 is 0 Å². The summed E-state index contributed by atoms with van der Waals surface area (Å²) in [5.41, 5.74) is 4.95. The minimum absolute atomic E-state index is 0.0502. The number of methoxy groups -OCH3 is 1. The Balaban J connectivity index is 0.755. The van der Waals surface area contributed by atoms with E-state index in [2.05, 4.69) is 43.3 Å². The number of hydrogen-bond acceptors (Lipinski definition) is 12. The van der Waals surface area contributed by atoms with E-state index in [-0.39, 0.29) is 24.1 Å². The fraction of sp³-hybridized carbons (Fsp3) is 0.400. The summed E-state index contributed by atoms with van der Waals surface area (Å²) in [5.74, 6) is 1.30. The average Bonchev–Trinajstić information content (AvgIpc) is 3.77. The lowest BCUT2D eigenvalue weighted by atomic mass is 9.93. The van der Waals surface area contributed by atoms with Crippen LogP contribution < -0.4 is 24.4 Å². The number of ether oxygens (including phenoxy) is 3. The molecule has 4 aromatic carbocycles. The molecule has 3 fully saturated rings. The molecule has 0 aliphatic carbocycles.